The molecule has 0 radical (unpaired) electrons. The molecule has 2 heteroatoms. The molecule has 108 valence electrons. The molecule has 5 rings (SSSR count). The molecule has 2 N–H and O–H groups in total. The average molecular weight is 290 g/mol. The fraction of sp³-hybridized carbons (Fsp3) is 0.667. The predicted molar refractivity (Wildman–Crippen MR) is 83.6 cm³/mol. The standard InChI is InChI=1S/C18H24ClN/c1-17-7-12-6-13(8-17)10-18(9-12,11-17)16(20)14-2-4-15(19)5-3-14/h2-5,12-13,16H,6-11,20H2,1H3. The minimum atomic E-state index is 0.185. The average Bonchev–Trinajstić information content (AvgIpc) is 2.36. The van der Waals surface area contributed by atoms with Gasteiger partial charge in [0.2, 0.25) is 0 Å². The largest absolute Gasteiger partial charge is 0.323 e. The maximum Gasteiger partial charge on any atom is 0.0406 e. The monoisotopic (exact) mass is 289 g/mol. The highest BCUT2D eigenvalue weighted by molar-refractivity contribution is 6.30. The molecule has 1 nitrogen and oxygen atoms in total. The number of benzene rings is 1. The zero-order valence-electron chi connectivity index (χ0n) is 12.2. The van der Waals surface area contributed by atoms with Gasteiger partial charge in [-0.05, 0) is 78.9 Å². The van der Waals surface area contributed by atoms with Gasteiger partial charge in [-0.2, -0.15) is 0 Å². The molecule has 4 fully saturated rings. The highest BCUT2D eigenvalue weighted by atomic mass is 35.5. The molecule has 4 aliphatic rings. The Morgan fingerprint density at radius 3 is 2.25 bits per heavy atom. The van der Waals surface area contributed by atoms with Crippen molar-refractivity contribution in [1.29, 1.82) is 0 Å². The Hall–Kier alpha value is -0.530. The van der Waals surface area contributed by atoms with Crippen LogP contribution in [0.3, 0.4) is 0 Å². The van der Waals surface area contributed by atoms with E-state index in [1.165, 1.54) is 44.1 Å². The first kappa shape index (κ1) is 13.2. The lowest BCUT2D eigenvalue weighted by molar-refractivity contribution is -0.113. The lowest BCUT2D eigenvalue weighted by atomic mass is 9.43. The lowest BCUT2D eigenvalue weighted by Gasteiger charge is -2.63. The summed E-state index contributed by atoms with van der Waals surface area (Å²) in [7, 11) is 0. The molecule has 0 aromatic heterocycles. The topological polar surface area (TPSA) is 26.0 Å². The van der Waals surface area contributed by atoms with Crippen LogP contribution in [0.25, 0.3) is 0 Å². The van der Waals surface area contributed by atoms with Crippen LogP contribution >= 0.6 is 11.6 Å². The zero-order valence-corrected chi connectivity index (χ0v) is 13.0. The van der Waals surface area contributed by atoms with Crippen LogP contribution in [-0.4, -0.2) is 0 Å². The molecule has 4 saturated carbocycles. The van der Waals surface area contributed by atoms with Gasteiger partial charge in [0, 0.05) is 11.1 Å². The Bertz CT molecular complexity index is 507. The third-order valence-corrected chi connectivity index (χ3v) is 6.54. The molecule has 20 heavy (non-hydrogen) atoms. The van der Waals surface area contributed by atoms with Crippen molar-refractivity contribution < 1.29 is 0 Å². The summed E-state index contributed by atoms with van der Waals surface area (Å²) < 4.78 is 0. The maximum absolute atomic E-state index is 6.76. The van der Waals surface area contributed by atoms with E-state index < -0.39 is 0 Å². The van der Waals surface area contributed by atoms with Crippen LogP contribution < -0.4 is 5.73 Å². The van der Waals surface area contributed by atoms with Gasteiger partial charge in [0.25, 0.3) is 0 Å². The molecule has 0 amide bonds. The lowest BCUT2D eigenvalue weighted by Crippen LogP contribution is -2.54. The third kappa shape index (κ3) is 1.94. The second kappa shape index (κ2) is 4.24. The van der Waals surface area contributed by atoms with Crippen molar-refractivity contribution in [3.05, 3.63) is 34.9 Å². The summed E-state index contributed by atoms with van der Waals surface area (Å²) in [4.78, 5) is 0. The number of hydrogen-bond donors (Lipinski definition) is 1. The molecule has 4 aliphatic carbocycles. The minimum Gasteiger partial charge on any atom is -0.323 e. The summed E-state index contributed by atoms with van der Waals surface area (Å²) in [6, 6.07) is 8.42. The van der Waals surface area contributed by atoms with Gasteiger partial charge in [-0.3, -0.25) is 0 Å². The molecule has 3 unspecified atom stereocenters. The molecule has 4 bridgehead atoms. The van der Waals surface area contributed by atoms with Crippen LogP contribution in [0.4, 0.5) is 0 Å². The minimum absolute atomic E-state index is 0.185. The van der Waals surface area contributed by atoms with E-state index in [4.69, 9.17) is 17.3 Å². The summed E-state index contributed by atoms with van der Waals surface area (Å²) in [6.07, 6.45) is 8.38. The molecule has 1 aromatic carbocycles. The van der Waals surface area contributed by atoms with Crippen molar-refractivity contribution in [2.24, 2.45) is 28.4 Å². The van der Waals surface area contributed by atoms with Gasteiger partial charge in [0.1, 0.15) is 0 Å². The van der Waals surface area contributed by atoms with E-state index in [2.05, 4.69) is 19.1 Å². The fourth-order valence-electron chi connectivity index (χ4n) is 6.19. The predicted octanol–water partition coefficient (Wildman–Crippen LogP) is 4.95. The van der Waals surface area contributed by atoms with Gasteiger partial charge >= 0.3 is 0 Å². The smallest absolute Gasteiger partial charge is 0.0406 e. The number of halogens is 1. The summed E-state index contributed by atoms with van der Waals surface area (Å²) in [5.41, 5.74) is 8.96. The van der Waals surface area contributed by atoms with Crippen LogP contribution in [0.2, 0.25) is 5.02 Å². The maximum atomic E-state index is 6.76. The number of hydrogen-bond acceptors (Lipinski definition) is 1. The van der Waals surface area contributed by atoms with Crippen molar-refractivity contribution in [3.63, 3.8) is 0 Å². The van der Waals surface area contributed by atoms with E-state index in [9.17, 15) is 0 Å². The van der Waals surface area contributed by atoms with E-state index in [-0.39, 0.29) is 6.04 Å². The number of nitrogens with two attached hydrogens (primary N) is 1. The molecular weight excluding hydrogens is 266 g/mol. The second-order valence-corrected chi connectivity index (χ2v) is 8.60. The molecular formula is C18H24ClN. The van der Waals surface area contributed by atoms with E-state index >= 15 is 0 Å². The summed E-state index contributed by atoms with van der Waals surface area (Å²) >= 11 is 6.02. The SMILES string of the molecule is CC12CC3CC(C1)CC(C(N)c1ccc(Cl)cc1)(C3)C2. The molecule has 1 aromatic rings. The van der Waals surface area contributed by atoms with Crippen molar-refractivity contribution in [2.75, 3.05) is 0 Å². The Kier molecular flexibility index (Phi) is 2.79. The van der Waals surface area contributed by atoms with Crippen LogP contribution in [0.15, 0.2) is 24.3 Å². The van der Waals surface area contributed by atoms with E-state index in [0.29, 0.717) is 10.8 Å². The second-order valence-electron chi connectivity index (χ2n) is 8.16. The van der Waals surface area contributed by atoms with Gasteiger partial charge in [-0.1, -0.05) is 30.7 Å². The van der Waals surface area contributed by atoms with Gasteiger partial charge in [-0.25, -0.2) is 0 Å². The molecule has 0 heterocycles. The van der Waals surface area contributed by atoms with Gasteiger partial charge in [0.15, 0.2) is 0 Å². The van der Waals surface area contributed by atoms with Crippen LogP contribution in [0.1, 0.15) is 57.1 Å². The summed E-state index contributed by atoms with van der Waals surface area (Å²) in [5, 5.41) is 0.804. The van der Waals surface area contributed by atoms with Gasteiger partial charge in [0.05, 0.1) is 0 Å². The normalized spacial score (nSPS) is 43.8. The Morgan fingerprint density at radius 1 is 1.10 bits per heavy atom. The summed E-state index contributed by atoms with van der Waals surface area (Å²) in [6.45, 7) is 2.51. The quantitative estimate of drug-likeness (QED) is 0.819. The fourth-order valence-corrected chi connectivity index (χ4v) is 6.31. The van der Waals surface area contributed by atoms with E-state index in [1.807, 2.05) is 12.1 Å². The van der Waals surface area contributed by atoms with Crippen LogP contribution in [-0.2, 0) is 0 Å². The van der Waals surface area contributed by atoms with Crippen LogP contribution in [0, 0.1) is 22.7 Å². The van der Waals surface area contributed by atoms with Crippen molar-refractivity contribution in [2.45, 2.75) is 51.5 Å². The first-order valence-electron chi connectivity index (χ1n) is 7.99. The molecule has 0 aliphatic heterocycles. The van der Waals surface area contributed by atoms with Gasteiger partial charge in [-0.15, -0.1) is 0 Å². The Labute approximate surface area is 126 Å². The van der Waals surface area contributed by atoms with E-state index in [1.54, 1.807) is 0 Å². The molecule has 3 atom stereocenters. The Balaban J connectivity index is 1.68. The van der Waals surface area contributed by atoms with Crippen molar-refractivity contribution >= 4 is 11.6 Å². The number of rotatable bonds is 2. The highest BCUT2D eigenvalue weighted by Crippen LogP contribution is 2.67. The first-order chi connectivity index (χ1) is 9.48. The Morgan fingerprint density at radius 2 is 1.70 bits per heavy atom. The van der Waals surface area contributed by atoms with Gasteiger partial charge < -0.3 is 5.73 Å². The summed E-state index contributed by atoms with van der Waals surface area (Å²) in [5.74, 6) is 1.86. The first-order valence-corrected chi connectivity index (χ1v) is 8.37. The van der Waals surface area contributed by atoms with Crippen molar-refractivity contribution in [3.8, 4) is 0 Å². The van der Waals surface area contributed by atoms with E-state index in [0.717, 1.165) is 16.9 Å². The zero-order chi connectivity index (χ0) is 14.0. The molecule has 0 spiro atoms. The molecule has 0 saturated heterocycles. The van der Waals surface area contributed by atoms with Crippen LogP contribution in [0.5, 0.6) is 0 Å². The van der Waals surface area contributed by atoms with Crippen molar-refractivity contribution in [1.82, 2.24) is 0 Å². The highest BCUT2D eigenvalue weighted by Gasteiger charge is 2.57. The third-order valence-electron chi connectivity index (χ3n) is 6.29.